The second-order valence-corrected chi connectivity index (χ2v) is 4.84. The Balaban J connectivity index is 2.43. The van der Waals surface area contributed by atoms with Crippen LogP contribution in [0.1, 0.15) is 39.0 Å². The summed E-state index contributed by atoms with van der Waals surface area (Å²) in [6.07, 6.45) is 4.79. The molecule has 0 saturated heterocycles. The van der Waals surface area contributed by atoms with Gasteiger partial charge < -0.3 is 9.95 Å². The minimum absolute atomic E-state index is 0.274. The van der Waals surface area contributed by atoms with E-state index in [0.717, 1.165) is 32.1 Å². The maximum Gasteiger partial charge on any atom is 0.328 e. The van der Waals surface area contributed by atoms with Gasteiger partial charge in [-0.05, 0) is 24.7 Å². The molecule has 1 amide bonds. The first-order valence-corrected chi connectivity index (χ1v) is 5.78. The minimum atomic E-state index is -0.722. The van der Waals surface area contributed by atoms with E-state index < -0.39 is 17.4 Å². The number of carbonyl (C=O) groups excluding carboxylic acids is 1. The molecule has 2 rings (SSSR count). The van der Waals surface area contributed by atoms with Crippen molar-refractivity contribution in [3.05, 3.63) is 11.4 Å². The van der Waals surface area contributed by atoms with Gasteiger partial charge >= 0.3 is 11.9 Å². The van der Waals surface area contributed by atoms with Gasteiger partial charge in [0.15, 0.2) is 0 Å². The van der Waals surface area contributed by atoms with Crippen molar-refractivity contribution in [2.75, 3.05) is 0 Å². The zero-order valence-corrected chi connectivity index (χ0v) is 9.40. The average molecular weight is 219 g/mol. The molecule has 4 nitrogen and oxygen atoms in total. The van der Waals surface area contributed by atoms with E-state index in [9.17, 15) is 9.90 Å². The number of carbonyl (C=O) groups is 1. The van der Waals surface area contributed by atoms with Crippen LogP contribution >= 0.6 is 0 Å². The van der Waals surface area contributed by atoms with E-state index in [4.69, 9.17) is 6.57 Å². The van der Waals surface area contributed by atoms with E-state index in [1.54, 1.807) is 0 Å². The summed E-state index contributed by atoms with van der Waals surface area (Å²) in [6, 6.07) is -0.722. The van der Waals surface area contributed by atoms with Crippen LogP contribution in [0.15, 0.2) is 4.99 Å². The van der Waals surface area contributed by atoms with E-state index in [1.807, 2.05) is 6.92 Å². The van der Waals surface area contributed by atoms with Crippen LogP contribution in [0.4, 0.5) is 0 Å². The maximum atomic E-state index is 11.7. The second kappa shape index (κ2) is 3.89. The predicted molar refractivity (Wildman–Crippen MR) is 57.5 cm³/mol. The first-order valence-electron chi connectivity index (χ1n) is 5.78. The fraction of sp³-hybridized carbons (Fsp3) is 0.750. The molecule has 1 spiro atoms. The molecule has 1 fully saturated rings. The quantitative estimate of drug-likeness (QED) is 0.574. The van der Waals surface area contributed by atoms with Gasteiger partial charge in [0.25, 0.3) is 0 Å². The van der Waals surface area contributed by atoms with Crippen LogP contribution in [0.5, 0.6) is 0 Å². The second-order valence-electron chi connectivity index (χ2n) is 4.84. The van der Waals surface area contributed by atoms with Crippen molar-refractivity contribution in [2.45, 2.75) is 45.1 Å². The molecule has 1 aliphatic carbocycles. The lowest BCUT2D eigenvalue weighted by Gasteiger charge is -2.45. The number of hydrogen-bond donors (Lipinski definition) is 0. The van der Waals surface area contributed by atoms with Gasteiger partial charge in [0.1, 0.15) is 0 Å². The third-order valence-corrected chi connectivity index (χ3v) is 4.15. The lowest BCUT2D eigenvalue weighted by molar-refractivity contribution is -0.230. The molecule has 0 bridgehead atoms. The molecule has 0 N–H and O–H groups in total. The Kier molecular flexibility index (Phi) is 2.71. The van der Waals surface area contributed by atoms with Crippen LogP contribution in [-0.2, 0) is 4.79 Å². The van der Waals surface area contributed by atoms with Gasteiger partial charge in [0.2, 0.25) is 0 Å². The Morgan fingerprint density at radius 3 is 2.62 bits per heavy atom. The van der Waals surface area contributed by atoms with E-state index in [2.05, 4.69) is 9.84 Å². The molecule has 1 aliphatic heterocycles. The normalized spacial score (nSPS) is 33.2. The van der Waals surface area contributed by atoms with E-state index in [-0.39, 0.29) is 11.8 Å². The van der Waals surface area contributed by atoms with Crippen LogP contribution in [-0.4, -0.2) is 17.8 Å². The zero-order valence-electron chi connectivity index (χ0n) is 9.40. The highest BCUT2D eigenvalue weighted by molar-refractivity contribution is 5.98. The summed E-state index contributed by atoms with van der Waals surface area (Å²) >= 11 is 0. The van der Waals surface area contributed by atoms with Crippen molar-refractivity contribution >= 4 is 11.8 Å². The van der Waals surface area contributed by atoms with Gasteiger partial charge in [0, 0.05) is 0 Å². The van der Waals surface area contributed by atoms with Crippen LogP contribution in [0.2, 0.25) is 0 Å². The number of rotatable bonds is 0. The maximum absolute atomic E-state index is 11.7. The third-order valence-electron chi connectivity index (χ3n) is 4.15. The molecule has 16 heavy (non-hydrogen) atoms. The lowest BCUT2D eigenvalue weighted by Crippen LogP contribution is -2.53. The van der Waals surface area contributed by atoms with E-state index in [0.29, 0.717) is 0 Å². The van der Waals surface area contributed by atoms with Crippen molar-refractivity contribution in [2.24, 2.45) is 16.3 Å². The molecule has 1 saturated carbocycles. The van der Waals surface area contributed by atoms with Gasteiger partial charge in [0.05, 0.1) is 5.41 Å². The van der Waals surface area contributed by atoms with Crippen molar-refractivity contribution in [3.8, 4) is 0 Å². The van der Waals surface area contributed by atoms with E-state index in [1.165, 1.54) is 0 Å². The molecule has 0 aromatic heterocycles. The molecule has 1 heterocycles. The van der Waals surface area contributed by atoms with Gasteiger partial charge in [-0.2, -0.15) is 0 Å². The summed E-state index contributed by atoms with van der Waals surface area (Å²) in [6.45, 7) is 9.00. The molecular formula is C12H15N2O2-. The van der Waals surface area contributed by atoms with Crippen molar-refractivity contribution in [1.29, 1.82) is 0 Å². The Bertz CT molecular complexity index is 375. The summed E-state index contributed by atoms with van der Waals surface area (Å²) in [5, 5.41) is 11.6. The molecule has 0 aromatic rings. The molecule has 4 heteroatoms. The molecule has 0 aromatic carbocycles. The lowest BCUT2D eigenvalue weighted by atomic mass is 9.61. The number of amides is 1. The zero-order chi connectivity index (χ0) is 11.8. The molecule has 2 aliphatic rings. The summed E-state index contributed by atoms with van der Waals surface area (Å²) in [5.74, 6) is -1.11. The monoisotopic (exact) mass is 219 g/mol. The van der Waals surface area contributed by atoms with Crippen molar-refractivity contribution in [1.82, 2.24) is 0 Å². The first kappa shape index (κ1) is 11.1. The highest BCUT2D eigenvalue weighted by Crippen LogP contribution is 2.48. The van der Waals surface area contributed by atoms with Gasteiger partial charge in [-0.15, -0.1) is 0 Å². The Labute approximate surface area is 95.2 Å². The van der Waals surface area contributed by atoms with Crippen LogP contribution in [0.3, 0.4) is 0 Å². The molecule has 0 radical (unpaired) electrons. The number of aliphatic imine (C=N–C) groups is 1. The van der Waals surface area contributed by atoms with Crippen LogP contribution in [0, 0.1) is 17.9 Å². The van der Waals surface area contributed by atoms with Gasteiger partial charge in [-0.3, -0.25) is 4.79 Å². The molecule has 86 valence electrons. The summed E-state index contributed by atoms with van der Waals surface area (Å²) in [4.78, 5) is 18.6. The SMILES string of the molecule is [C-]#[N+]C1C(=O)N=C([O-])C(C)C12CCCCC2. The minimum Gasteiger partial charge on any atom is -0.861 e. The van der Waals surface area contributed by atoms with Crippen LogP contribution < -0.4 is 5.11 Å². The number of hydrogen-bond acceptors (Lipinski definition) is 2. The Morgan fingerprint density at radius 1 is 1.44 bits per heavy atom. The number of nitrogens with zero attached hydrogens (tertiary/aromatic N) is 2. The first-order chi connectivity index (χ1) is 7.62. The third kappa shape index (κ3) is 1.42. The molecule has 2 unspecified atom stereocenters. The predicted octanol–water partition coefficient (Wildman–Crippen LogP) is 1.16. The molecule has 2 atom stereocenters. The average Bonchev–Trinajstić information content (AvgIpc) is 2.28. The molecular weight excluding hydrogens is 204 g/mol. The van der Waals surface area contributed by atoms with Gasteiger partial charge in [-0.25, -0.2) is 11.6 Å². The Morgan fingerprint density at radius 2 is 2.06 bits per heavy atom. The summed E-state index contributed by atoms with van der Waals surface area (Å²) < 4.78 is 0. The van der Waals surface area contributed by atoms with Crippen molar-refractivity contribution < 1.29 is 9.90 Å². The largest absolute Gasteiger partial charge is 0.861 e. The van der Waals surface area contributed by atoms with Crippen molar-refractivity contribution in [3.63, 3.8) is 0 Å². The van der Waals surface area contributed by atoms with E-state index >= 15 is 0 Å². The van der Waals surface area contributed by atoms with Gasteiger partial charge in [-0.1, -0.05) is 26.2 Å². The summed E-state index contributed by atoms with van der Waals surface area (Å²) in [7, 11) is 0. The highest BCUT2D eigenvalue weighted by Gasteiger charge is 2.54. The fourth-order valence-electron chi connectivity index (χ4n) is 3.10. The summed E-state index contributed by atoms with van der Waals surface area (Å²) in [5.41, 5.74) is -0.421. The smallest absolute Gasteiger partial charge is 0.328 e. The topological polar surface area (TPSA) is 56.8 Å². The Hall–Kier alpha value is -1.37. The van der Waals surface area contributed by atoms with Crippen LogP contribution in [0.25, 0.3) is 4.85 Å². The fourth-order valence-corrected chi connectivity index (χ4v) is 3.10. The highest BCUT2D eigenvalue weighted by atomic mass is 16.3. The standard InChI is InChI=1S/C12H16N2O2/c1-8-10(15)14-11(16)9(13-2)12(8)6-4-3-5-7-12/h8-9H,3-7H2,1H3,(H,14,15,16)/p-1.